The number of ether oxygens (including phenoxy) is 1. The number of thiazole rings is 1. The number of halogens is 1. The number of nitrogens with zero attached hydrogens (tertiary/aromatic N) is 3. The third kappa shape index (κ3) is 4.64. The van der Waals surface area contributed by atoms with Gasteiger partial charge in [-0.2, -0.15) is 10.1 Å². The summed E-state index contributed by atoms with van der Waals surface area (Å²) in [6.07, 6.45) is 3.01. The first kappa shape index (κ1) is 19.2. The molecule has 8 heteroatoms. The van der Waals surface area contributed by atoms with Crippen molar-refractivity contribution < 1.29 is 13.9 Å². The summed E-state index contributed by atoms with van der Waals surface area (Å²) in [5.74, 6) is 0.703. The minimum atomic E-state index is -0.362. The number of hydrogen-bond acceptors (Lipinski definition) is 6. The van der Waals surface area contributed by atoms with E-state index in [0.29, 0.717) is 21.7 Å². The van der Waals surface area contributed by atoms with E-state index in [1.807, 2.05) is 25.1 Å². The molecule has 1 amide bonds. The van der Waals surface area contributed by atoms with Gasteiger partial charge in [0.05, 0.1) is 22.7 Å². The molecular weight excluding hydrogens is 410 g/mol. The van der Waals surface area contributed by atoms with Crippen LogP contribution in [0.15, 0.2) is 70.4 Å². The number of amides is 1. The van der Waals surface area contributed by atoms with Gasteiger partial charge in [-0.1, -0.05) is 29.0 Å². The zero-order chi connectivity index (χ0) is 20.2. The quantitative estimate of drug-likeness (QED) is 0.310. The van der Waals surface area contributed by atoms with Gasteiger partial charge in [0.25, 0.3) is 5.91 Å². The van der Waals surface area contributed by atoms with E-state index in [-0.39, 0.29) is 12.5 Å². The Balaban J connectivity index is 1.59. The molecule has 29 heavy (non-hydrogen) atoms. The molecule has 0 spiro atoms. The predicted octanol–water partition coefficient (Wildman–Crippen LogP) is 5.30. The van der Waals surface area contributed by atoms with Crippen molar-refractivity contribution in [3.63, 3.8) is 0 Å². The molecule has 0 bridgehead atoms. The molecule has 0 unspecified atom stereocenters. The molecule has 4 rings (SSSR count). The van der Waals surface area contributed by atoms with Crippen LogP contribution in [-0.4, -0.2) is 23.7 Å². The van der Waals surface area contributed by atoms with Gasteiger partial charge in [0, 0.05) is 5.02 Å². The molecule has 0 aliphatic rings. The smallest absolute Gasteiger partial charge is 0.287 e. The Hall–Kier alpha value is -3.16. The van der Waals surface area contributed by atoms with Crippen LogP contribution < -0.4 is 9.75 Å². The van der Waals surface area contributed by atoms with Crippen molar-refractivity contribution in [2.24, 2.45) is 5.10 Å². The molecule has 2 aromatic carbocycles. The fourth-order valence-corrected chi connectivity index (χ4v) is 3.71. The Morgan fingerprint density at radius 3 is 2.86 bits per heavy atom. The van der Waals surface area contributed by atoms with Crippen LogP contribution >= 0.6 is 22.9 Å². The van der Waals surface area contributed by atoms with Gasteiger partial charge in [0.15, 0.2) is 6.61 Å². The topological polar surface area (TPSA) is 67.9 Å². The van der Waals surface area contributed by atoms with Crippen LogP contribution in [0.25, 0.3) is 10.2 Å². The molecule has 0 N–H and O–H groups in total. The average molecular weight is 426 g/mol. The van der Waals surface area contributed by atoms with E-state index in [2.05, 4.69) is 10.1 Å². The second kappa shape index (κ2) is 8.46. The minimum Gasteiger partial charge on any atom is -0.484 e. The summed E-state index contributed by atoms with van der Waals surface area (Å²) < 4.78 is 11.8. The maximum Gasteiger partial charge on any atom is 0.287 e. The molecule has 0 aliphatic carbocycles. The molecule has 2 aromatic heterocycles. The molecule has 2 heterocycles. The molecule has 146 valence electrons. The Morgan fingerprint density at radius 2 is 2.10 bits per heavy atom. The molecule has 0 saturated heterocycles. The van der Waals surface area contributed by atoms with Crippen LogP contribution in [0.3, 0.4) is 0 Å². The van der Waals surface area contributed by atoms with E-state index in [9.17, 15) is 4.79 Å². The summed E-state index contributed by atoms with van der Waals surface area (Å²) in [7, 11) is 0. The van der Waals surface area contributed by atoms with Gasteiger partial charge in [-0.25, -0.2) is 4.98 Å². The number of rotatable bonds is 6. The number of fused-ring (bicyclic) bond motifs is 1. The fourth-order valence-electron chi connectivity index (χ4n) is 2.55. The van der Waals surface area contributed by atoms with Crippen molar-refractivity contribution in [1.82, 2.24) is 4.98 Å². The first-order valence-corrected chi connectivity index (χ1v) is 9.94. The summed E-state index contributed by atoms with van der Waals surface area (Å²) in [6.45, 7) is 1.81. The highest BCUT2D eigenvalue weighted by Crippen LogP contribution is 2.30. The lowest BCUT2D eigenvalue weighted by molar-refractivity contribution is -0.120. The van der Waals surface area contributed by atoms with Gasteiger partial charge in [-0.3, -0.25) is 4.79 Å². The van der Waals surface area contributed by atoms with Gasteiger partial charge < -0.3 is 9.15 Å². The lowest BCUT2D eigenvalue weighted by atomic mass is 10.2. The standard InChI is InChI=1S/C21H16ClN3O3S/c1-14-4-9-18-19(11-14)29-21(24-18)25(23-12-17-3-2-10-27-17)20(26)13-28-16-7-5-15(22)6-8-16/h2-12H,13H2,1H3/b23-12+. The SMILES string of the molecule is Cc1ccc2nc(N(/N=C/c3ccco3)C(=O)COc3ccc(Cl)cc3)sc2c1. The third-order valence-corrected chi connectivity index (χ3v) is 5.22. The van der Waals surface area contributed by atoms with Gasteiger partial charge in [0.2, 0.25) is 5.13 Å². The van der Waals surface area contributed by atoms with Gasteiger partial charge >= 0.3 is 0 Å². The van der Waals surface area contributed by atoms with Crippen LogP contribution in [-0.2, 0) is 4.79 Å². The number of carbonyl (C=O) groups is 1. The lowest BCUT2D eigenvalue weighted by Gasteiger charge is -2.14. The highest BCUT2D eigenvalue weighted by Gasteiger charge is 2.20. The molecular formula is C21H16ClN3O3S. The zero-order valence-corrected chi connectivity index (χ0v) is 17.0. The lowest BCUT2D eigenvalue weighted by Crippen LogP contribution is -2.30. The molecule has 0 saturated carbocycles. The van der Waals surface area contributed by atoms with E-state index in [0.717, 1.165) is 15.8 Å². The van der Waals surface area contributed by atoms with Crippen molar-refractivity contribution >= 4 is 50.4 Å². The zero-order valence-electron chi connectivity index (χ0n) is 15.4. The largest absolute Gasteiger partial charge is 0.484 e. The van der Waals surface area contributed by atoms with Crippen LogP contribution in [0.5, 0.6) is 5.75 Å². The highest BCUT2D eigenvalue weighted by molar-refractivity contribution is 7.22. The van der Waals surface area contributed by atoms with Crippen molar-refractivity contribution in [2.75, 3.05) is 11.6 Å². The van der Waals surface area contributed by atoms with Crippen LogP contribution in [0, 0.1) is 6.92 Å². The number of aromatic nitrogens is 1. The Morgan fingerprint density at radius 1 is 1.28 bits per heavy atom. The van der Waals surface area contributed by atoms with E-state index in [1.165, 1.54) is 28.8 Å². The van der Waals surface area contributed by atoms with Gasteiger partial charge in [-0.15, -0.1) is 0 Å². The second-order valence-corrected chi connectivity index (χ2v) is 7.62. The molecule has 0 atom stereocenters. The normalized spacial score (nSPS) is 11.2. The van der Waals surface area contributed by atoms with Crippen molar-refractivity contribution in [3.05, 3.63) is 77.2 Å². The second-order valence-electron chi connectivity index (χ2n) is 6.18. The summed E-state index contributed by atoms with van der Waals surface area (Å²) in [4.78, 5) is 17.4. The summed E-state index contributed by atoms with van der Waals surface area (Å²) in [5.41, 5.74) is 1.93. The highest BCUT2D eigenvalue weighted by atomic mass is 35.5. The Labute approximate surface area is 176 Å². The number of hydrogen-bond donors (Lipinski definition) is 0. The van der Waals surface area contributed by atoms with Crippen molar-refractivity contribution in [2.45, 2.75) is 6.92 Å². The number of aryl methyl sites for hydroxylation is 1. The maximum atomic E-state index is 12.9. The maximum absolute atomic E-state index is 12.9. The Bertz CT molecular complexity index is 1150. The number of benzene rings is 2. The molecule has 4 aromatic rings. The van der Waals surface area contributed by atoms with E-state index < -0.39 is 0 Å². The molecule has 0 radical (unpaired) electrons. The number of hydrazone groups is 1. The summed E-state index contributed by atoms with van der Waals surface area (Å²) in [5, 5.41) is 6.58. The van der Waals surface area contributed by atoms with Crippen LogP contribution in [0.2, 0.25) is 5.02 Å². The van der Waals surface area contributed by atoms with E-state index in [1.54, 1.807) is 36.4 Å². The number of carbonyl (C=O) groups excluding carboxylic acids is 1. The average Bonchev–Trinajstić information content (AvgIpc) is 3.37. The fraction of sp³-hybridized carbons (Fsp3) is 0.0952. The first-order chi connectivity index (χ1) is 14.1. The number of furan rings is 1. The van der Waals surface area contributed by atoms with E-state index >= 15 is 0 Å². The van der Waals surface area contributed by atoms with Gasteiger partial charge in [-0.05, 0) is 61.0 Å². The molecule has 6 nitrogen and oxygen atoms in total. The molecule has 0 aliphatic heterocycles. The van der Waals surface area contributed by atoms with E-state index in [4.69, 9.17) is 20.8 Å². The summed E-state index contributed by atoms with van der Waals surface area (Å²) >= 11 is 7.26. The molecule has 0 fully saturated rings. The predicted molar refractivity (Wildman–Crippen MR) is 115 cm³/mol. The summed E-state index contributed by atoms with van der Waals surface area (Å²) in [6, 6.07) is 16.2. The van der Waals surface area contributed by atoms with Gasteiger partial charge in [0.1, 0.15) is 11.5 Å². The monoisotopic (exact) mass is 425 g/mol. The van der Waals surface area contributed by atoms with Crippen molar-refractivity contribution in [3.8, 4) is 5.75 Å². The first-order valence-electron chi connectivity index (χ1n) is 8.74. The van der Waals surface area contributed by atoms with Crippen LogP contribution in [0.1, 0.15) is 11.3 Å². The number of anilines is 1. The third-order valence-electron chi connectivity index (χ3n) is 3.97. The minimum absolute atomic E-state index is 0.202. The van der Waals surface area contributed by atoms with Crippen LogP contribution in [0.4, 0.5) is 5.13 Å². The Kier molecular flexibility index (Phi) is 5.59. The van der Waals surface area contributed by atoms with Crippen molar-refractivity contribution in [1.29, 1.82) is 0 Å².